The van der Waals surface area contributed by atoms with Crippen molar-refractivity contribution in [1.82, 2.24) is 9.62 Å². The van der Waals surface area contributed by atoms with Crippen molar-refractivity contribution >= 4 is 10.0 Å². The van der Waals surface area contributed by atoms with Crippen molar-refractivity contribution in [2.75, 3.05) is 26.7 Å². The fourth-order valence-electron chi connectivity index (χ4n) is 2.24. The van der Waals surface area contributed by atoms with Gasteiger partial charge in [-0.15, -0.1) is 0 Å². The van der Waals surface area contributed by atoms with E-state index in [4.69, 9.17) is 4.74 Å². The highest BCUT2D eigenvalue weighted by atomic mass is 32.2. The maximum atomic E-state index is 12.3. The Balaban J connectivity index is 2.84. The van der Waals surface area contributed by atoms with Crippen molar-refractivity contribution in [3.05, 3.63) is 0 Å². The number of nitrogens with one attached hydrogen (secondary N) is 1. The van der Waals surface area contributed by atoms with Gasteiger partial charge < -0.3 is 10.1 Å². The largest absolute Gasteiger partial charge is 0.370 e. The van der Waals surface area contributed by atoms with Crippen LogP contribution in [0.3, 0.4) is 0 Å². The summed E-state index contributed by atoms with van der Waals surface area (Å²) in [5.41, 5.74) is -0.413. The number of hydrogen-bond acceptors (Lipinski definition) is 4. The molecule has 102 valence electrons. The van der Waals surface area contributed by atoms with Gasteiger partial charge in [-0.1, -0.05) is 0 Å². The van der Waals surface area contributed by atoms with Crippen LogP contribution >= 0.6 is 0 Å². The molecule has 0 saturated carbocycles. The standard InChI is InChI=1S/C11H24N2O3S/c1-9-7-13(8-11(3,4)16-9)17(14,15)10(2)6-12-5/h9-10,12H,6-8H2,1-5H3. The highest BCUT2D eigenvalue weighted by Crippen LogP contribution is 2.24. The molecule has 0 aromatic heterocycles. The van der Waals surface area contributed by atoms with Gasteiger partial charge >= 0.3 is 0 Å². The second-order valence-corrected chi connectivity index (χ2v) is 7.75. The third kappa shape index (κ3) is 3.64. The number of nitrogens with zero attached hydrogens (tertiary/aromatic N) is 1. The molecule has 1 N–H and O–H groups in total. The van der Waals surface area contributed by atoms with Gasteiger partial charge in [-0.05, 0) is 34.7 Å². The summed E-state index contributed by atoms with van der Waals surface area (Å²) in [5, 5.41) is 2.50. The van der Waals surface area contributed by atoms with E-state index in [2.05, 4.69) is 5.32 Å². The van der Waals surface area contributed by atoms with Crippen LogP contribution in [-0.4, -0.2) is 56.4 Å². The van der Waals surface area contributed by atoms with Crippen LogP contribution in [0.4, 0.5) is 0 Å². The van der Waals surface area contributed by atoms with Gasteiger partial charge in [-0.3, -0.25) is 0 Å². The van der Waals surface area contributed by atoms with Gasteiger partial charge in [0, 0.05) is 19.6 Å². The van der Waals surface area contributed by atoms with Crippen LogP contribution in [0.15, 0.2) is 0 Å². The normalized spacial score (nSPS) is 27.9. The van der Waals surface area contributed by atoms with Crippen LogP contribution in [0.1, 0.15) is 27.7 Å². The Morgan fingerprint density at radius 2 is 2.12 bits per heavy atom. The second kappa shape index (κ2) is 5.22. The molecule has 1 aliphatic heterocycles. The van der Waals surface area contributed by atoms with E-state index in [1.807, 2.05) is 20.8 Å². The molecule has 6 heteroatoms. The summed E-state index contributed by atoms with van der Waals surface area (Å²) in [6.07, 6.45) is -0.0599. The summed E-state index contributed by atoms with van der Waals surface area (Å²) in [5.74, 6) is 0. The number of hydrogen-bond donors (Lipinski definition) is 1. The minimum atomic E-state index is -3.24. The molecule has 1 aliphatic rings. The van der Waals surface area contributed by atoms with Crippen LogP contribution in [-0.2, 0) is 14.8 Å². The molecule has 2 atom stereocenters. The maximum absolute atomic E-state index is 12.3. The summed E-state index contributed by atoms with van der Waals surface area (Å²) in [7, 11) is -1.48. The first kappa shape index (κ1) is 14.9. The zero-order valence-electron chi connectivity index (χ0n) is 11.4. The molecule has 5 nitrogen and oxygen atoms in total. The fraction of sp³-hybridized carbons (Fsp3) is 1.00. The Kier molecular flexibility index (Phi) is 4.57. The van der Waals surface area contributed by atoms with Crippen LogP contribution in [0.2, 0.25) is 0 Å². The monoisotopic (exact) mass is 264 g/mol. The Morgan fingerprint density at radius 1 is 1.53 bits per heavy atom. The molecular weight excluding hydrogens is 240 g/mol. The molecule has 0 spiro atoms. The third-order valence-electron chi connectivity index (χ3n) is 2.90. The van der Waals surface area contributed by atoms with Crippen molar-refractivity contribution in [3.8, 4) is 0 Å². The average Bonchev–Trinajstić information content (AvgIpc) is 2.14. The Morgan fingerprint density at radius 3 is 2.59 bits per heavy atom. The average molecular weight is 264 g/mol. The number of sulfonamides is 1. The first-order valence-electron chi connectivity index (χ1n) is 6.00. The smallest absolute Gasteiger partial charge is 0.218 e. The van der Waals surface area contributed by atoms with Crippen molar-refractivity contribution in [2.24, 2.45) is 0 Å². The number of morpholine rings is 1. The highest BCUT2D eigenvalue weighted by molar-refractivity contribution is 7.89. The molecule has 0 aromatic carbocycles. The Hall–Kier alpha value is -0.170. The van der Waals surface area contributed by atoms with E-state index in [-0.39, 0.29) is 6.10 Å². The Bertz CT molecular complexity index is 354. The van der Waals surface area contributed by atoms with E-state index in [9.17, 15) is 8.42 Å². The summed E-state index contributed by atoms with van der Waals surface area (Å²) in [4.78, 5) is 0. The molecule has 1 fully saturated rings. The van der Waals surface area contributed by atoms with E-state index in [0.29, 0.717) is 19.6 Å². The molecule has 0 amide bonds. The van der Waals surface area contributed by atoms with Gasteiger partial charge in [0.1, 0.15) is 0 Å². The molecule has 17 heavy (non-hydrogen) atoms. The zero-order chi connectivity index (χ0) is 13.3. The Labute approximate surface area is 105 Å². The minimum Gasteiger partial charge on any atom is -0.370 e. The molecular formula is C11H24N2O3S. The third-order valence-corrected chi connectivity index (χ3v) is 5.08. The lowest BCUT2D eigenvalue weighted by molar-refractivity contribution is -0.109. The number of ether oxygens (including phenoxy) is 1. The van der Waals surface area contributed by atoms with Gasteiger partial charge in [-0.25, -0.2) is 8.42 Å². The molecule has 1 saturated heterocycles. The SMILES string of the molecule is CNCC(C)S(=O)(=O)N1CC(C)OC(C)(C)C1. The minimum absolute atomic E-state index is 0.0599. The molecule has 1 heterocycles. The molecule has 2 unspecified atom stereocenters. The van der Waals surface area contributed by atoms with Crippen molar-refractivity contribution < 1.29 is 13.2 Å². The highest BCUT2D eigenvalue weighted by Gasteiger charge is 2.39. The lowest BCUT2D eigenvalue weighted by Gasteiger charge is -2.41. The molecule has 1 rings (SSSR count). The molecule has 0 aromatic rings. The topological polar surface area (TPSA) is 58.6 Å². The van der Waals surface area contributed by atoms with Crippen molar-refractivity contribution in [1.29, 1.82) is 0 Å². The van der Waals surface area contributed by atoms with E-state index in [0.717, 1.165) is 0 Å². The predicted octanol–water partition coefficient (Wildman–Crippen LogP) is 0.423. The summed E-state index contributed by atoms with van der Waals surface area (Å²) < 4.78 is 32.0. The van der Waals surface area contributed by atoms with Crippen molar-refractivity contribution in [3.63, 3.8) is 0 Å². The molecule has 0 bridgehead atoms. The fourth-order valence-corrected chi connectivity index (χ4v) is 4.03. The predicted molar refractivity (Wildman–Crippen MR) is 68.5 cm³/mol. The van der Waals surface area contributed by atoms with Crippen LogP contribution in [0.5, 0.6) is 0 Å². The first-order chi connectivity index (χ1) is 7.69. The van der Waals surface area contributed by atoms with Crippen molar-refractivity contribution in [2.45, 2.75) is 44.6 Å². The van der Waals surface area contributed by atoms with E-state index in [1.165, 1.54) is 0 Å². The van der Waals surface area contributed by atoms with Crippen LogP contribution in [0.25, 0.3) is 0 Å². The van der Waals surface area contributed by atoms with Gasteiger partial charge in [0.2, 0.25) is 10.0 Å². The van der Waals surface area contributed by atoms with E-state index in [1.54, 1.807) is 18.3 Å². The zero-order valence-corrected chi connectivity index (χ0v) is 12.2. The second-order valence-electron chi connectivity index (χ2n) is 5.39. The van der Waals surface area contributed by atoms with E-state index >= 15 is 0 Å². The van der Waals surface area contributed by atoms with Gasteiger partial charge in [0.25, 0.3) is 0 Å². The summed E-state index contributed by atoms with van der Waals surface area (Å²) in [6, 6.07) is 0. The molecule has 0 aliphatic carbocycles. The number of rotatable bonds is 4. The summed E-state index contributed by atoms with van der Waals surface area (Å²) in [6.45, 7) is 8.83. The lowest BCUT2D eigenvalue weighted by Crippen LogP contribution is -2.56. The summed E-state index contributed by atoms with van der Waals surface area (Å²) >= 11 is 0. The maximum Gasteiger partial charge on any atom is 0.218 e. The lowest BCUT2D eigenvalue weighted by atomic mass is 10.1. The first-order valence-corrected chi connectivity index (χ1v) is 7.51. The van der Waals surface area contributed by atoms with Gasteiger partial charge in [0.05, 0.1) is 17.0 Å². The van der Waals surface area contributed by atoms with Crippen LogP contribution < -0.4 is 5.32 Å². The van der Waals surface area contributed by atoms with Gasteiger partial charge in [-0.2, -0.15) is 4.31 Å². The van der Waals surface area contributed by atoms with Crippen LogP contribution in [0, 0.1) is 0 Å². The quantitative estimate of drug-likeness (QED) is 0.799. The molecule has 0 radical (unpaired) electrons. The van der Waals surface area contributed by atoms with Gasteiger partial charge in [0.15, 0.2) is 0 Å². The van der Waals surface area contributed by atoms with E-state index < -0.39 is 20.9 Å².